The van der Waals surface area contributed by atoms with E-state index in [0.29, 0.717) is 0 Å². The lowest BCUT2D eigenvalue weighted by molar-refractivity contribution is 0.177. The molecular weight excluding hydrogens is 390 g/mol. The number of aryl methyl sites for hydroxylation is 1. The minimum atomic E-state index is 0.764. The Kier molecular flexibility index (Phi) is 6.45. The van der Waals surface area contributed by atoms with Gasteiger partial charge in [0.2, 0.25) is 0 Å². The van der Waals surface area contributed by atoms with E-state index < -0.39 is 0 Å². The molecule has 30 heavy (non-hydrogen) atoms. The molecule has 0 saturated carbocycles. The van der Waals surface area contributed by atoms with Crippen molar-refractivity contribution in [3.63, 3.8) is 0 Å². The third-order valence-corrected chi connectivity index (χ3v) is 6.06. The summed E-state index contributed by atoms with van der Waals surface area (Å²) in [6, 6.07) is 21.1. The third-order valence-electron chi connectivity index (χ3n) is 5.70. The monoisotopic (exact) mass is 419 g/mol. The van der Waals surface area contributed by atoms with Gasteiger partial charge in [-0.15, -0.1) is 0 Å². The molecule has 0 unspecified atom stereocenters. The van der Waals surface area contributed by atoms with Crippen molar-refractivity contribution in [3.8, 4) is 0 Å². The van der Waals surface area contributed by atoms with Crippen LogP contribution in [0.1, 0.15) is 22.5 Å². The van der Waals surface area contributed by atoms with E-state index in [1.54, 1.807) is 0 Å². The number of thiocarbonyl (C=S) groups is 1. The molecule has 3 aromatic rings. The zero-order valence-corrected chi connectivity index (χ0v) is 18.5. The van der Waals surface area contributed by atoms with E-state index in [9.17, 15) is 0 Å². The summed E-state index contributed by atoms with van der Waals surface area (Å²) in [5.74, 6) is 0. The first-order valence-electron chi connectivity index (χ1n) is 10.5. The van der Waals surface area contributed by atoms with Crippen molar-refractivity contribution in [3.05, 3.63) is 83.2 Å². The number of nitrogens with zero attached hydrogens (tertiary/aromatic N) is 4. The average Bonchev–Trinajstić information content (AvgIpc) is 3.03. The minimum absolute atomic E-state index is 0.764. The van der Waals surface area contributed by atoms with Gasteiger partial charge >= 0.3 is 0 Å². The highest BCUT2D eigenvalue weighted by atomic mass is 32.1. The topological polar surface area (TPSA) is 36.3 Å². The van der Waals surface area contributed by atoms with Crippen molar-refractivity contribution in [2.75, 3.05) is 31.5 Å². The molecular formula is C24H29N5S. The van der Waals surface area contributed by atoms with Crippen LogP contribution < -0.4 is 5.32 Å². The van der Waals surface area contributed by atoms with E-state index in [1.807, 2.05) is 17.7 Å². The summed E-state index contributed by atoms with van der Waals surface area (Å²) in [6.45, 7) is 9.82. The highest BCUT2D eigenvalue weighted by Gasteiger charge is 2.21. The van der Waals surface area contributed by atoms with Gasteiger partial charge in [-0.2, -0.15) is 5.10 Å². The molecule has 1 saturated heterocycles. The van der Waals surface area contributed by atoms with Crippen LogP contribution in [-0.4, -0.2) is 50.9 Å². The average molecular weight is 420 g/mol. The van der Waals surface area contributed by atoms with E-state index in [0.717, 1.165) is 61.5 Å². The van der Waals surface area contributed by atoms with Crippen LogP contribution in [0.15, 0.2) is 60.7 Å². The maximum Gasteiger partial charge on any atom is 0.173 e. The van der Waals surface area contributed by atoms with Gasteiger partial charge in [-0.25, -0.2) is 0 Å². The Morgan fingerprint density at radius 1 is 0.867 bits per heavy atom. The molecule has 1 aliphatic heterocycles. The molecule has 0 bridgehead atoms. The van der Waals surface area contributed by atoms with Gasteiger partial charge in [0, 0.05) is 32.7 Å². The smallest absolute Gasteiger partial charge is 0.173 e. The van der Waals surface area contributed by atoms with Gasteiger partial charge in [-0.3, -0.25) is 9.58 Å². The molecule has 0 amide bonds. The molecule has 6 heteroatoms. The van der Waals surface area contributed by atoms with Gasteiger partial charge in [-0.05, 0) is 37.2 Å². The third kappa shape index (κ3) is 4.89. The van der Waals surface area contributed by atoms with Crippen LogP contribution in [0.5, 0.6) is 0 Å². The molecule has 0 spiro atoms. The summed E-state index contributed by atoms with van der Waals surface area (Å²) in [5, 5.41) is 9.00. The number of hydrogen-bond donors (Lipinski definition) is 1. The van der Waals surface area contributed by atoms with Crippen molar-refractivity contribution in [1.82, 2.24) is 19.6 Å². The second-order valence-corrected chi connectivity index (χ2v) is 8.25. The summed E-state index contributed by atoms with van der Waals surface area (Å²) in [7, 11) is 0. The van der Waals surface area contributed by atoms with E-state index in [4.69, 9.17) is 17.3 Å². The van der Waals surface area contributed by atoms with Crippen molar-refractivity contribution < 1.29 is 0 Å². The molecule has 1 N–H and O–H groups in total. The molecule has 0 aliphatic carbocycles. The largest absolute Gasteiger partial charge is 0.346 e. The summed E-state index contributed by atoms with van der Waals surface area (Å²) >= 11 is 5.74. The standard InChI is InChI=1S/C24H29N5S/c1-19-23(20(2)29(26-19)18-22-11-7-4-8-12-22)25-24(30)28-15-13-27(14-16-28)17-21-9-5-3-6-10-21/h3-12H,13-18H2,1-2H3,(H,25,30). The zero-order valence-electron chi connectivity index (χ0n) is 17.7. The molecule has 1 aromatic heterocycles. The maximum absolute atomic E-state index is 5.74. The summed E-state index contributed by atoms with van der Waals surface area (Å²) in [4.78, 5) is 4.76. The van der Waals surface area contributed by atoms with E-state index in [-0.39, 0.29) is 0 Å². The van der Waals surface area contributed by atoms with Crippen LogP contribution in [0.4, 0.5) is 5.69 Å². The molecule has 156 valence electrons. The molecule has 4 rings (SSSR count). The number of rotatable bonds is 5. The van der Waals surface area contributed by atoms with Crippen molar-refractivity contribution in [2.45, 2.75) is 26.9 Å². The second-order valence-electron chi connectivity index (χ2n) is 7.87. The summed E-state index contributed by atoms with van der Waals surface area (Å²) in [6.07, 6.45) is 0. The van der Waals surface area contributed by atoms with Gasteiger partial charge in [-0.1, -0.05) is 60.7 Å². The van der Waals surface area contributed by atoms with E-state index in [2.05, 4.69) is 76.6 Å². The fraction of sp³-hybridized carbons (Fsp3) is 0.333. The first kappa shape index (κ1) is 20.6. The number of nitrogens with one attached hydrogen (secondary N) is 1. The van der Waals surface area contributed by atoms with Gasteiger partial charge in [0.1, 0.15) is 0 Å². The van der Waals surface area contributed by atoms with Crippen LogP contribution in [0.3, 0.4) is 0 Å². The highest BCUT2D eigenvalue weighted by Crippen LogP contribution is 2.21. The van der Waals surface area contributed by atoms with Crippen LogP contribution in [0.25, 0.3) is 0 Å². The summed E-state index contributed by atoms with van der Waals surface area (Å²) in [5.41, 5.74) is 5.73. The molecule has 2 aromatic carbocycles. The Morgan fingerprint density at radius 2 is 1.43 bits per heavy atom. The Hall–Kier alpha value is -2.70. The quantitative estimate of drug-likeness (QED) is 0.631. The van der Waals surface area contributed by atoms with Crippen LogP contribution in [0.2, 0.25) is 0 Å². The lowest BCUT2D eigenvalue weighted by Crippen LogP contribution is -2.49. The number of aromatic nitrogens is 2. The fourth-order valence-corrected chi connectivity index (χ4v) is 4.21. The lowest BCUT2D eigenvalue weighted by Gasteiger charge is -2.36. The van der Waals surface area contributed by atoms with Crippen LogP contribution in [0, 0.1) is 13.8 Å². The van der Waals surface area contributed by atoms with Crippen LogP contribution >= 0.6 is 12.2 Å². The van der Waals surface area contributed by atoms with Crippen molar-refractivity contribution in [1.29, 1.82) is 0 Å². The Labute approximate surface area is 184 Å². The predicted octanol–water partition coefficient (Wildman–Crippen LogP) is 4.06. The first-order chi connectivity index (χ1) is 14.6. The SMILES string of the molecule is Cc1nn(Cc2ccccc2)c(C)c1NC(=S)N1CCN(Cc2ccccc2)CC1. The second kappa shape index (κ2) is 9.41. The molecule has 5 nitrogen and oxygen atoms in total. The minimum Gasteiger partial charge on any atom is -0.346 e. The normalized spacial score (nSPS) is 14.7. The van der Waals surface area contributed by atoms with Crippen molar-refractivity contribution >= 4 is 23.0 Å². The highest BCUT2D eigenvalue weighted by molar-refractivity contribution is 7.80. The van der Waals surface area contributed by atoms with Crippen LogP contribution in [-0.2, 0) is 13.1 Å². The zero-order chi connectivity index (χ0) is 20.9. The van der Waals surface area contributed by atoms with Crippen molar-refractivity contribution in [2.24, 2.45) is 0 Å². The van der Waals surface area contributed by atoms with E-state index in [1.165, 1.54) is 11.1 Å². The lowest BCUT2D eigenvalue weighted by atomic mass is 10.2. The molecule has 0 radical (unpaired) electrons. The number of benzene rings is 2. The molecule has 1 aliphatic rings. The number of anilines is 1. The van der Waals surface area contributed by atoms with Gasteiger partial charge in [0.25, 0.3) is 0 Å². The Balaban J connectivity index is 1.34. The molecule has 0 atom stereocenters. The maximum atomic E-state index is 5.74. The predicted molar refractivity (Wildman–Crippen MR) is 127 cm³/mol. The molecule has 2 heterocycles. The van der Waals surface area contributed by atoms with Gasteiger partial charge in [0.05, 0.1) is 23.6 Å². The fourth-order valence-electron chi connectivity index (χ4n) is 3.92. The number of piperazine rings is 1. The Morgan fingerprint density at radius 3 is 2.03 bits per heavy atom. The number of hydrogen-bond acceptors (Lipinski definition) is 3. The Bertz CT molecular complexity index is 976. The first-order valence-corrected chi connectivity index (χ1v) is 10.9. The summed E-state index contributed by atoms with van der Waals surface area (Å²) < 4.78 is 2.05. The molecule has 1 fully saturated rings. The van der Waals surface area contributed by atoms with Gasteiger partial charge in [0.15, 0.2) is 5.11 Å². The van der Waals surface area contributed by atoms with Gasteiger partial charge < -0.3 is 10.2 Å². The van der Waals surface area contributed by atoms with E-state index >= 15 is 0 Å².